The Morgan fingerprint density at radius 1 is 1.14 bits per heavy atom. The molecule has 3 aromatic rings. The molecule has 0 aliphatic heterocycles. The van der Waals surface area contributed by atoms with Crippen LogP contribution in [0.15, 0.2) is 63.9 Å². The van der Waals surface area contributed by atoms with E-state index in [1.165, 1.54) is 6.07 Å². The maximum Gasteiger partial charge on any atom is 0.362 e. The number of aryl methyl sites for hydroxylation is 1. The molecule has 2 aromatic carbocycles. The largest absolute Gasteiger partial charge is 0.486 e. The van der Waals surface area contributed by atoms with Crippen LogP contribution >= 0.6 is 15.9 Å². The minimum Gasteiger partial charge on any atom is -0.486 e. The first-order valence-electron chi connectivity index (χ1n) is 8.73. The lowest BCUT2D eigenvalue weighted by Gasteiger charge is -2.13. The Hall–Kier alpha value is -2.93. The number of hydrogen-bond acceptors (Lipinski definition) is 5. The Kier molecular flexibility index (Phi) is 6.26. The van der Waals surface area contributed by atoms with E-state index < -0.39 is 11.5 Å². The lowest BCUT2D eigenvalue weighted by atomic mass is 10.2. The molecule has 7 heteroatoms. The summed E-state index contributed by atoms with van der Waals surface area (Å²) in [5.41, 5.74) is 2.11. The van der Waals surface area contributed by atoms with Crippen LogP contribution in [-0.2, 0) is 11.3 Å². The number of benzene rings is 2. The van der Waals surface area contributed by atoms with E-state index in [9.17, 15) is 9.59 Å². The molecule has 28 heavy (non-hydrogen) atoms. The van der Waals surface area contributed by atoms with Crippen LogP contribution in [0.2, 0.25) is 0 Å². The van der Waals surface area contributed by atoms with Gasteiger partial charge < -0.3 is 9.47 Å². The van der Waals surface area contributed by atoms with Crippen LogP contribution in [0.25, 0.3) is 5.69 Å². The molecule has 0 aliphatic carbocycles. The fraction of sp³-hybridized carbons (Fsp3) is 0.190. The molecule has 6 nitrogen and oxygen atoms in total. The topological polar surface area (TPSA) is 70.4 Å². The summed E-state index contributed by atoms with van der Waals surface area (Å²) in [4.78, 5) is 25.0. The molecule has 1 aromatic heterocycles. The number of carbonyl (C=O) groups is 1. The average molecular weight is 443 g/mol. The molecule has 0 atom stereocenters. The molecule has 0 amide bonds. The predicted molar refractivity (Wildman–Crippen MR) is 109 cm³/mol. The minimum absolute atomic E-state index is 0.0477. The van der Waals surface area contributed by atoms with E-state index in [1.54, 1.807) is 25.1 Å². The highest BCUT2D eigenvalue weighted by atomic mass is 79.9. The van der Waals surface area contributed by atoms with Gasteiger partial charge in [-0.25, -0.2) is 4.79 Å². The van der Waals surface area contributed by atoms with Crippen molar-refractivity contribution < 1.29 is 14.3 Å². The molecule has 0 spiro atoms. The van der Waals surface area contributed by atoms with E-state index in [-0.39, 0.29) is 24.7 Å². The molecule has 3 rings (SSSR count). The van der Waals surface area contributed by atoms with Gasteiger partial charge in [0.25, 0.3) is 5.56 Å². The lowest BCUT2D eigenvalue weighted by molar-refractivity contribution is 0.0511. The summed E-state index contributed by atoms with van der Waals surface area (Å²) in [5.74, 6) is -0.555. The highest BCUT2D eigenvalue weighted by Gasteiger charge is 2.20. The number of aromatic nitrogens is 2. The highest BCUT2D eigenvalue weighted by molar-refractivity contribution is 9.10. The molecule has 0 N–H and O–H groups in total. The van der Waals surface area contributed by atoms with Crippen LogP contribution in [0.3, 0.4) is 0 Å². The molecule has 1 heterocycles. The van der Waals surface area contributed by atoms with Crippen LogP contribution in [0.4, 0.5) is 0 Å². The first-order chi connectivity index (χ1) is 13.5. The Labute approximate surface area is 170 Å². The van der Waals surface area contributed by atoms with Gasteiger partial charge in [-0.15, -0.1) is 0 Å². The summed E-state index contributed by atoms with van der Waals surface area (Å²) in [5, 5.41) is 4.21. The molecule has 144 valence electrons. The van der Waals surface area contributed by atoms with Crippen LogP contribution in [0.1, 0.15) is 28.5 Å². The van der Waals surface area contributed by atoms with Crippen molar-refractivity contribution in [2.45, 2.75) is 20.5 Å². The number of esters is 1. The Morgan fingerprint density at radius 2 is 1.89 bits per heavy atom. The van der Waals surface area contributed by atoms with Crippen LogP contribution in [0, 0.1) is 6.92 Å². The van der Waals surface area contributed by atoms with Crippen LogP contribution in [-0.4, -0.2) is 22.4 Å². The summed E-state index contributed by atoms with van der Waals surface area (Å²) < 4.78 is 12.8. The fourth-order valence-corrected chi connectivity index (χ4v) is 2.92. The minimum atomic E-state index is -0.648. The van der Waals surface area contributed by atoms with Gasteiger partial charge in [0.15, 0.2) is 5.75 Å². The second-order valence-corrected chi connectivity index (χ2v) is 7.00. The second kappa shape index (κ2) is 8.84. The molecule has 0 saturated heterocycles. The maximum atomic E-state index is 12.6. The van der Waals surface area contributed by atoms with Gasteiger partial charge >= 0.3 is 5.97 Å². The Morgan fingerprint density at radius 3 is 2.57 bits per heavy atom. The summed E-state index contributed by atoms with van der Waals surface area (Å²) in [6.07, 6.45) is 0. The van der Waals surface area contributed by atoms with E-state index in [1.807, 2.05) is 37.3 Å². The smallest absolute Gasteiger partial charge is 0.362 e. The van der Waals surface area contributed by atoms with Crippen LogP contribution in [0.5, 0.6) is 5.75 Å². The molecular weight excluding hydrogens is 424 g/mol. The number of halogens is 1. The molecule has 0 unspecified atom stereocenters. The maximum absolute atomic E-state index is 12.6. The number of ether oxygens (including phenoxy) is 2. The molecule has 0 bridgehead atoms. The van der Waals surface area contributed by atoms with Crippen LogP contribution < -0.4 is 10.3 Å². The second-order valence-electron chi connectivity index (χ2n) is 6.08. The third-order valence-corrected chi connectivity index (χ3v) is 4.43. The normalized spacial score (nSPS) is 10.5. The van der Waals surface area contributed by atoms with Crippen molar-refractivity contribution in [3.8, 4) is 11.4 Å². The van der Waals surface area contributed by atoms with Crippen molar-refractivity contribution in [1.82, 2.24) is 9.78 Å². The fourth-order valence-electron chi connectivity index (χ4n) is 2.53. The average Bonchev–Trinajstić information content (AvgIpc) is 2.67. The van der Waals surface area contributed by atoms with Crippen molar-refractivity contribution in [2.24, 2.45) is 0 Å². The van der Waals surface area contributed by atoms with Gasteiger partial charge in [-0.1, -0.05) is 51.8 Å². The summed E-state index contributed by atoms with van der Waals surface area (Å²) in [6.45, 7) is 4.09. The van der Waals surface area contributed by atoms with Gasteiger partial charge in [-0.3, -0.25) is 4.79 Å². The lowest BCUT2D eigenvalue weighted by Crippen LogP contribution is -2.25. The molecule has 0 saturated carbocycles. The van der Waals surface area contributed by atoms with Crippen molar-refractivity contribution in [2.75, 3.05) is 6.61 Å². The monoisotopic (exact) mass is 442 g/mol. The summed E-state index contributed by atoms with van der Waals surface area (Å²) in [7, 11) is 0. The number of carbonyl (C=O) groups excluding carboxylic acids is 1. The van der Waals surface area contributed by atoms with E-state index in [0.717, 1.165) is 20.3 Å². The highest BCUT2D eigenvalue weighted by Crippen LogP contribution is 2.19. The van der Waals surface area contributed by atoms with E-state index in [4.69, 9.17) is 9.47 Å². The van der Waals surface area contributed by atoms with E-state index in [2.05, 4.69) is 21.0 Å². The zero-order chi connectivity index (χ0) is 20.1. The van der Waals surface area contributed by atoms with Crippen molar-refractivity contribution in [3.05, 3.63) is 86.2 Å². The van der Waals surface area contributed by atoms with Crippen molar-refractivity contribution >= 4 is 21.9 Å². The summed E-state index contributed by atoms with van der Waals surface area (Å²) in [6, 6.07) is 16.1. The molecule has 0 aliphatic rings. The number of nitrogens with zero attached hydrogens (tertiary/aromatic N) is 2. The van der Waals surface area contributed by atoms with E-state index >= 15 is 0 Å². The van der Waals surface area contributed by atoms with Crippen molar-refractivity contribution in [1.29, 1.82) is 0 Å². The van der Waals surface area contributed by atoms with Gasteiger partial charge in [-0.2, -0.15) is 9.78 Å². The molecule has 0 radical (unpaired) electrons. The van der Waals surface area contributed by atoms with Gasteiger partial charge in [0.1, 0.15) is 6.61 Å². The Balaban J connectivity index is 1.98. The predicted octanol–water partition coefficient (Wildman–Crippen LogP) is 4.06. The third kappa shape index (κ3) is 4.67. The zero-order valence-corrected chi connectivity index (χ0v) is 17.1. The quantitative estimate of drug-likeness (QED) is 0.538. The SMILES string of the molecule is CCOC(=O)c1nn(-c2cccc(Br)c2)c(=O)cc1OCc1ccc(C)cc1. The van der Waals surface area contributed by atoms with Gasteiger partial charge in [0, 0.05) is 4.47 Å². The third-order valence-electron chi connectivity index (χ3n) is 3.93. The molecule has 0 fully saturated rings. The van der Waals surface area contributed by atoms with Gasteiger partial charge in [0.05, 0.1) is 18.4 Å². The van der Waals surface area contributed by atoms with E-state index in [0.29, 0.717) is 5.69 Å². The van der Waals surface area contributed by atoms with Gasteiger partial charge in [0.2, 0.25) is 5.69 Å². The van der Waals surface area contributed by atoms with Crippen molar-refractivity contribution in [3.63, 3.8) is 0 Å². The Bertz CT molecular complexity index is 1050. The first-order valence-corrected chi connectivity index (χ1v) is 9.53. The standard InChI is InChI=1S/C21H19BrN2O4/c1-3-27-21(26)20-18(28-13-15-9-7-14(2)8-10-15)12-19(25)24(23-20)17-6-4-5-16(22)11-17/h4-12H,3,13H2,1-2H3. The zero-order valence-electron chi connectivity index (χ0n) is 15.5. The summed E-state index contributed by atoms with van der Waals surface area (Å²) >= 11 is 3.37. The van der Waals surface area contributed by atoms with Gasteiger partial charge in [-0.05, 0) is 37.6 Å². The first kappa shape index (κ1) is 19.8. The molecular formula is C21H19BrN2O4. The number of rotatable bonds is 6. The number of hydrogen-bond donors (Lipinski definition) is 0.